The molecule has 0 unspecified atom stereocenters. The second-order valence-corrected chi connectivity index (χ2v) is 7.41. The molecule has 0 atom stereocenters. The topological polar surface area (TPSA) is 90.0 Å². The Labute approximate surface area is 167 Å². The van der Waals surface area contributed by atoms with Crippen molar-refractivity contribution >= 4 is 17.2 Å². The van der Waals surface area contributed by atoms with Gasteiger partial charge < -0.3 is 9.64 Å². The molecule has 0 aliphatic carbocycles. The SMILES string of the molecule is CC1CCN(C(=O)COc2ccc(-c3cn4cc([N+](=O)[O-])ccc4n3)cc2)CC1. The minimum atomic E-state index is -0.434. The van der Waals surface area contributed by atoms with Crippen LogP contribution in [0, 0.1) is 16.0 Å². The minimum Gasteiger partial charge on any atom is -0.484 e. The molecule has 1 amide bonds. The number of rotatable bonds is 5. The maximum absolute atomic E-state index is 12.3. The average molecular weight is 394 g/mol. The molecule has 8 heteroatoms. The van der Waals surface area contributed by atoms with Crippen LogP contribution in [0.5, 0.6) is 5.75 Å². The van der Waals surface area contributed by atoms with Crippen molar-refractivity contribution in [2.24, 2.45) is 5.92 Å². The van der Waals surface area contributed by atoms with Crippen LogP contribution in [0.1, 0.15) is 19.8 Å². The lowest BCUT2D eigenvalue weighted by atomic mass is 9.99. The number of carbonyl (C=O) groups excluding carboxylic acids is 1. The van der Waals surface area contributed by atoms with E-state index in [-0.39, 0.29) is 18.2 Å². The monoisotopic (exact) mass is 394 g/mol. The third-order valence-electron chi connectivity index (χ3n) is 5.29. The van der Waals surface area contributed by atoms with Crippen molar-refractivity contribution in [2.75, 3.05) is 19.7 Å². The van der Waals surface area contributed by atoms with E-state index in [1.54, 1.807) is 28.8 Å². The number of fused-ring (bicyclic) bond motifs is 1. The Morgan fingerprint density at radius 2 is 1.90 bits per heavy atom. The van der Waals surface area contributed by atoms with Gasteiger partial charge in [0.25, 0.3) is 11.6 Å². The van der Waals surface area contributed by atoms with Crippen LogP contribution < -0.4 is 4.74 Å². The van der Waals surface area contributed by atoms with Crippen molar-refractivity contribution in [2.45, 2.75) is 19.8 Å². The van der Waals surface area contributed by atoms with E-state index in [1.165, 1.54) is 12.3 Å². The molecule has 1 fully saturated rings. The highest BCUT2D eigenvalue weighted by Gasteiger charge is 2.20. The summed E-state index contributed by atoms with van der Waals surface area (Å²) in [5, 5.41) is 10.9. The van der Waals surface area contributed by atoms with E-state index in [9.17, 15) is 14.9 Å². The van der Waals surface area contributed by atoms with Crippen LogP contribution in [0.25, 0.3) is 16.9 Å². The van der Waals surface area contributed by atoms with E-state index in [2.05, 4.69) is 11.9 Å². The summed E-state index contributed by atoms with van der Waals surface area (Å²) in [5.41, 5.74) is 2.21. The third-order valence-corrected chi connectivity index (χ3v) is 5.29. The summed E-state index contributed by atoms with van der Waals surface area (Å²) < 4.78 is 7.28. The maximum atomic E-state index is 12.3. The molecule has 4 rings (SSSR count). The predicted molar refractivity (Wildman–Crippen MR) is 108 cm³/mol. The van der Waals surface area contributed by atoms with Crippen molar-refractivity contribution < 1.29 is 14.5 Å². The Morgan fingerprint density at radius 3 is 2.59 bits per heavy atom. The van der Waals surface area contributed by atoms with E-state index in [0.29, 0.717) is 23.0 Å². The standard InChI is InChI=1S/C21H22N4O4/c1-15-8-10-23(11-9-15)21(26)14-29-18-5-2-16(3-6-18)19-13-24-12-17(25(27)28)4-7-20(24)22-19/h2-7,12-13,15H,8-11,14H2,1H3. The summed E-state index contributed by atoms with van der Waals surface area (Å²) >= 11 is 0. The molecule has 3 heterocycles. The summed E-state index contributed by atoms with van der Waals surface area (Å²) in [4.78, 5) is 29.1. The van der Waals surface area contributed by atoms with Crippen molar-refractivity contribution in [1.29, 1.82) is 0 Å². The number of carbonyl (C=O) groups is 1. The summed E-state index contributed by atoms with van der Waals surface area (Å²) in [5.74, 6) is 1.31. The number of pyridine rings is 1. The second kappa shape index (κ2) is 7.90. The van der Waals surface area contributed by atoms with Gasteiger partial charge in [0, 0.05) is 30.9 Å². The van der Waals surface area contributed by atoms with Crippen LogP contribution in [0.3, 0.4) is 0 Å². The number of aromatic nitrogens is 2. The largest absolute Gasteiger partial charge is 0.484 e. The molecule has 3 aromatic rings. The van der Waals surface area contributed by atoms with Crippen molar-refractivity contribution in [3.05, 3.63) is 58.9 Å². The molecule has 0 radical (unpaired) electrons. The fourth-order valence-electron chi connectivity index (χ4n) is 3.44. The lowest BCUT2D eigenvalue weighted by molar-refractivity contribution is -0.385. The third kappa shape index (κ3) is 4.21. The number of piperidine rings is 1. The molecule has 1 saturated heterocycles. The Hall–Kier alpha value is -3.42. The Morgan fingerprint density at radius 1 is 1.17 bits per heavy atom. The number of hydrogen-bond acceptors (Lipinski definition) is 5. The first-order chi connectivity index (χ1) is 14.0. The highest BCUT2D eigenvalue weighted by molar-refractivity contribution is 5.78. The van der Waals surface area contributed by atoms with Crippen LogP contribution in [-0.4, -0.2) is 44.8 Å². The smallest absolute Gasteiger partial charge is 0.286 e. The van der Waals surface area contributed by atoms with Gasteiger partial charge in [-0.1, -0.05) is 6.92 Å². The zero-order chi connectivity index (χ0) is 20.4. The highest BCUT2D eigenvalue weighted by atomic mass is 16.6. The van der Waals surface area contributed by atoms with Gasteiger partial charge in [-0.2, -0.15) is 0 Å². The average Bonchev–Trinajstić information content (AvgIpc) is 3.16. The van der Waals surface area contributed by atoms with Crippen LogP contribution in [0.15, 0.2) is 48.8 Å². The summed E-state index contributed by atoms with van der Waals surface area (Å²) in [6.07, 6.45) is 5.28. The maximum Gasteiger partial charge on any atom is 0.286 e. The lowest BCUT2D eigenvalue weighted by Crippen LogP contribution is -2.40. The van der Waals surface area contributed by atoms with Crippen LogP contribution in [-0.2, 0) is 4.79 Å². The van der Waals surface area contributed by atoms with E-state index >= 15 is 0 Å². The van der Waals surface area contributed by atoms with Gasteiger partial charge in [-0.25, -0.2) is 4.98 Å². The number of hydrogen-bond donors (Lipinski definition) is 0. The molecular formula is C21H22N4O4. The molecule has 1 aliphatic heterocycles. The molecule has 8 nitrogen and oxygen atoms in total. The number of benzene rings is 1. The first-order valence-electron chi connectivity index (χ1n) is 9.64. The molecule has 0 bridgehead atoms. The Bertz CT molecular complexity index is 1040. The number of nitro groups is 1. The first-order valence-corrected chi connectivity index (χ1v) is 9.64. The van der Waals surface area contributed by atoms with Crippen molar-refractivity contribution in [3.8, 4) is 17.0 Å². The zero-order valence-electron chi connectivity index (χ0n) is 16.2. The van der Waals surface area contributed by atoms with E-state index in [4.69, 9.17) is 4.74 Å². The summed E-state index contributed by atoms with van der Waals surface area (Å²) in [6.45, 7) is 3.85. The molecule has 0 saturated carbocycles. The fourth-order valence-corrected chi connectivity index (χ4v) is 3.44. The van der Waals surface area contributed by atoms with E-state index in [0.717, 1.165) is 31.5 Å². The first kappa shape index (κ1) is 18.9. The molecule has 29 heavy (non-hydrogen) atoms. The Balaban J connectivity index is 1.40. The van der Waals surface area contributed by atoms with Gasteiger partial charge in [0.2, 0.25) is 0 Å². The van der Waals surface area contributed by atoms with Gasteiger partial charge in [-0.3, -0.25) is 19.3 Å². The number of likely N-dealkylation sites (tertiary alicyclic amines) is 1. The number of imidazole rings is 1. The van der Waals surface area contributed by atoms with Gasteiger partial charge in [-0.05, 0) is 49.1 Å². The van der Waals surface area contributed by atoms with Crippen LogP contribution >= 0.6 is 0 Å². The quantitative estimate of drug-likeness (QED) is 0.488. The van der Waals surface area contributed by atoms with Gasteiger partial charge in [0.15, 0.2) is 6.61 Å². The van der Waals surface area contributed by atoms with Gasteiger partial charge in [0.1, 0.15) is 11.4 Å². The molecule has 0 N–H and O–H groups in total. The van der Waals surface area contributed by atoms with Gasteiger partial charge >= 0.3 is 0 Å². The van der Waals surface area contributed by atoms with Crippen LogP contribution in [0.4, 0.5) is 5.69 Å². The highest BCUT2D eigenvalue weighted by Crippen LogP contribution is 2.24. The van der Waals surface area contributed by atoms with Gasteiger partial charge in [0.05, 0.1) is 16.8 Å². The van der Waals surface area contributed by atoms with E-state index in [1.807, 2.05) is 17.0 Å². The zero-order valence-corrected chi connectivity index (χ0v) is 16.2. The van der Waals surface area contributed by atoms with Crippen LogP contribution in [0.2, 0.25) is 0 Å². The number of ether oxygens (including phenoxy) is 1. The van der Waals surface area contributed by atoms with Gasteiger partial charge in [-0.15, -0.1) is 0 Å². The number of amides is 1. The van der Waals surface area contributed by atoms with Crippen molar-refractivity contribution in [3.63, 3.8) is 0 Å². The van der Waals surface area contributed by atoms with Crippen molar-refractivity contribution in [1.82, 2.24) is 14.3 Å². The fraction of sp³-hybridized carbons (Fsp3) is 0.333. The van der Waals surface area contributed by atoms with E-state index < -0.39 is 4.92 Å². The molecule has 2 aromatic heterocycles. The number of nitrogens with zero attached hydrogens (tertiary/aromatic N) is 4. The normalized spacial score (nSPS) is 14.9. The minimum absolute atomic E-state index is 0.0121. The summed E-state index contributed by atoms with van der Waals surface area (Å²) in [7, 11) is 0. The summed E-state index contributed by atoms with van der Waals surface area (Å²) in [6, 6.07) is 10.4. The molecular weight excluding hydrogens is 372 g/mol. The predicted octanol–water partition coefficient (Wildman–Crippen LogP) is 3.55. The lowest BCUT2D eigenvalue weighted by Gasteiger charge is -2.30. The molecule has 150 valence electrons. The molecule has 1 aliphatic rings. The Kier molecular flexibility index (Phi) is 5.16. The second-order valence-electron chi connectivity index (χ2n) is 7.41. The molecule has 1 aromatic carbocycles. The molecule has 0 spiro atoms.